The molecule has 3 aliphatic carbocycles. The Balaban J connectivity index is 1.01. The zero-order valence-electron chi connectivity index (χ0n) is 23.7. The second-order valence-corrected chi connectivity index (χ2v) is 13.5. The first-order valence-corrected chi connectivity index (χ1v) is 16.3. The van der Waals surface area contributed by atoms with Gasteiger partial charge < -0.3 is 4.74 Å². The first kappa shape index (κ1) is 29.3. The fourth-order valence-electron chi connectivity index (χ4n) is 8.71. The first-order valence-electron chi connectivity index (χ1n) is 16.3. The molecule has 212 valence electrons. The van der Waals surface area contributed by atoms with Crippen molar-refractivity contribution in [2.24, 2.45) is 41.4 Å². The lowest BCUT2D eigenvalue weighted by Crippen LogP contribution is -2.33. The van der Waals surface area contributed by atoms with E-state index in [1.165, 1.54) is 116 Å². The molecule has 37 heavy (non-hydrogen) atoms. The minimum atomic E-state index is -1.51. The van der Waals surface area contributed by atoms with Crippen LogP contribution in [-0.4, -0.2) is 12.7 Å². The van der Waals surface area contributed by atoms with E-state index in [-0.39, 0.29) is 0 Å². The van der Waals surface area contributed by atoms with Crippen molar-refractivity contribution in [1.82, 2.24) is 0 Å². The summed E-state index contributed by atoms with van der Waals surface area (Å²) in [6.45, 7) is 4.87. The van der Waals surface area contributed by atoms with Crippen LogP contribution in [-0.2, 0) is 4.74 Å². The summed E-state index contributed by atoms with van der Waals surface area (Å²) in [6.07, 6.45) is 30.0. The molecule has 1 saturated heterocycles. The second kappa shape index (κ2) is 15.8. The summed E-state index contributed by atoms with van der Waals surface area (Å²) in [5.74, 6) is 6.37. The van der Waals surface area contributed by atoms with Gasteiger partial charge in [-0.05, 0) is 118 Å². The van der Waals surface area contributed by atoms with Gasteiger partial charge in [0.25, 0.3) is 6.08 Å². The van der Waals surface area contributed by atoms with Crippen molar-refractivity contribution in [1.29, 1.82) is 0 Å². The van der Waals surface area contributed by atoms with Gasteiger partial charge in [0.15, 0.2) is 0 Å². The van der Waals surface area contributed by atoms with E-state index in [0.717, 1.165) is 61.0 Å². The Bertz CT molecular complexity index is 653. The van der Waals surface area contributed by atoms with Crippen LogP contribution < -0.4 is 0 Å². The minimum absolute atomic E-state index is 0.442. The second-order valence-electron chi connectivity index (χ2n) is 13.5. The van der Waals surface area contributed by atoms with Crippen molar-refractivity contribution in [2.45, 2.75) is 141 Å². The van der Waals surface area contributed by atoms with Crippen molar-refractivity contribution >= 4 is 0 Å². The molecule has 1 nitrogen and oxygen atoms in total. The number of halogens is 2. The Hall–Kier alpha value is -0.700. The van der Waals surface area contributed by atoms with Crippen LogP contribution in [0.3, 0.4) is 0 Å². The lowest BCUT2D eigenvalue weighted by atomic mass is 9.66. The molecule has 3 heteroatoms. The minimum Gasteiger partial charge on any atom is -0.378 e. The Labute approximate surface area is 227 Å². The summed E-state index contributed by atoms with van der Waals surface area (Å²) in [4.78, 5) is 0. The summed E-state index contributed by atoms with van der Waals surface area (Å²) in [5.41, 5.74) is 0. The van der Waals surface area contributed by atoms with Gasteiger partial charge in [-0.3, -0.25) is 0 Å². The molecule has 2 atom stereocenters. The van der Waals surface area contributed by atoms with Crippen LogP contribution in [0.25, 0.3) is 0 Å². The molecule has 4 fully saturated rings. The number of unbranched alkanes of at least 4 members (excludes halogenated alkanes) is 1. The van der Waals surface area contributed by atoms with Crippen LogP contribution in [0.5, 0.6) is 0 Å². The van der Waals surface area contributed by atoms with Gasteiger partial charge >= 0.3 is 0 Å². The number of allylic oxidation sites excluding steroid dienone is 1. The molecule has 4 aliphatic rings. The maximum absolute atomic E-state index is 12.2. The van der Waals surface area contributed by atoms with Crippen LogP contribution in [0.1, 0.15) is 135 Å². The normalized spacial score (nSPS) is 37.1. The number of hydrogen-bond acceptors (Lipinski definition) is 1. The van der Waals surface area contributed by atoms with Crippen molar-refractivity contribution in [2.75, 3.05) is 6.61 Å². The molecule has 0 amide bonds. The monoisotopic (exact) mass is 518 g/mol. The Morgan fingerprint density at radius 3 is 1.57 bits per heavy atom. The van der Waals surface area contributed by atoms with Gasteiger partial charge in [0.1, 0.15) is 0 Å². The third-order valence-electron chi connectivity index (χ3n) is 11.2. The third-order valence-corrected chi connectivity index (χ3v) is 11.2. The maximum Gasteiger partial charge on any atom is 0.266 e. The van der Waals surface area contributed by atoms with Gasteiger partial charge in [-0.25, -0.2) is 0 Å². The van der Waals surface area contributed by atoms with Gasteiger partial charge in [0.2, 0.25) is 0 Å². The molecule has 4 rings (SSSR count). The SMILES string of the molecule is C=CCC1CCC(C2CCC(C3CCC(CCCCC4CCC(CCC=C(F)F)CC4)CC3)CC2)CO1. The zero-order chi connectivity index (χ0) is 25.9. The van der Waals surface area contributed by atoms with Crippen LogP contribution in [0.2, 0.25) is 0 Å². The molecule has 0 aromatic heterocycles. The molecule has 0 aromatic carbocycles. The standard InChI is InChI=1S/C34H56F2O/c1-2-6-33-24-23-32(25-37-33)31-21-19-30(20-22-31)29-17-15-27(16-18-29)8-4-3-7-26-11-13-28(14-12-26)9-5-10-34(35)36/h2,10,26-33H,1,3-9,11-25H2. The van der Waals surface area contributed by atoms with Gasteiger partial charge in [-0.15, -0.1) is 6.58 Å². The van der Waals surface area contributed by atoms with Crippen molar-refractivity contribution < 1.29 is 13.5 Å². The summed E-state index contributed by atoms with van der Waals surface area (Å²) in [7, 11) is 0. The van der Waals surface area contributed by atoms with E-state index in [4.69, 9.17) is 4.74 Å². The molecular weight excluding hydrogens is 462 g/mol. The van der Waals surface area contributed by atoms with Crippen molar-refractivity contribution in [3.8, 4) is 0 Å². The molecule has 2 unspecified atom stereocenters. The summed E-state index contributed by atoms with van der Waals surface area (Å²) in [6, 6.07) is 0. The largest absolute Gasteiger partial charge is 0.378 e. The Kier molecular flexibility index (Phi) is 12.5. The molecular formula is C34H56F2O. The highest BCUT2D eigenvalue weighted by atomic mass is 19.3. The average molecular weight is 519 g/mol. The van der Waals surface area contributed by atoms with Crippen molar-refractivity contribution in [3.63, 3.8) is 0 Å². The zero-order valence-corrected chi connectivity index (χ0v) is 23.7. The molecule has 0 aromatic rings. The van der Waals surface area contributed by atoms with Crippen LogP contribution in [0, 0.1) is 41.4 Å². The fourth-order valence-corrected chi connectivity index (χ4v) is 8.71. The molecule has 3 saturated carbocycles. The predicted molar refractivity (Wildman–Crippen MR) is 152 cm³/mol. The highest BCUT2D eigenvalue weighted by Crippen LogP contribution is 2.45. The Morgan fingerprint density at radius 1 is 0.622 bits per heavy atom. The van der Waals surface area contributed by atoms with E-state index < -0.39 is 6.08 Å². The summed E-state index contributed by atoms with van der Waals surface area (Å²) < 4.78 is 30.6. The number of ether oxygens (including phenoxy) is 1. The quantitative estimate of drug-likeness (QED) is 0.184. The van der Waals surface area contributed by atoms with E-state index in [9.17, 15) is 8.78 Å². The smallest absolute Gasteiger partial charge is 0.266 e. The number of hydrogen-bond donors (Lipinski definition) is 0. The van der Waals surface area contributed by atoms with E-state index in [1.807, 2.05) is 6.08 Å². The first-order chi connectivity index (χ1) is 18.1. The lowest BCUT2D eigenvalue weighted by molar-refractivity contribution is -0.0387. The number of rotatable bonds is 12. The molecule has 1 heterocycles. The van der Waals surface area contributed by atoms with Crippen molar-refractivity contribution in [3.05, 3.63) is 24.8 Å². The van der Waals surface area contributed by atoms with E-state index in [1.54, 1.807) is 0 Å². The van der Waals surface area contributed by atoms with Gasteiger partial charge in [-0.2, -0.15) is 8.78 Å². The fraction of sp³-hybridized carbons (Fsp3) is 0.882. The predicted octanol–water partition coefficient (Wildman–Crippen LogP) is 10.9. The van der Waals surface area contributed by atoms with Crippen LogP contribution in [0.4, 0.5) is 8.78 Å². The molecule has 0 spiro atoms. The summed E-state index contributed by atoms with van der Waals surface area (Å²) in [5, 5.41) is 0. The lowest BCUT2D eigenvalue weighted by Gasteiger charge is -2.41. The maximum atomic E-state index is 12.2. The van der Waals surface area contributed by atoms with Gasteiger partial charge in [-0.1, -0.05) is 70.3 Å². The topological polar surface area (TPSA) is 9.23 Å². The van der Waals surface area contributed by atoms with E-state index in [0.29, 0.717) is 18.4 Å². The van der Waals surface area contributed by atoms with Crippen LogP contribution >= 0.6 is 0 Å². The Morgan fingerprint density at radius 2 is 1.08 bits per heavy atom. The summed E-state index contributed by atoms with van der Waals surface area (Å²) >= 11 is 0. The highest BCUT2D eigenvalue weighted by Gasteiger charge is 2.34. The highest BCUT2D eigenvalue weighted by molar-refractivity contribution is 4.87. The molecule has 0 N–H and O–H groups in total. The molecule has 0 bridgehead atoms. The van der Waals surface area contributed by atoms with E-state index >= 15 is 0 Å². The molecule has 0 radical (unpaired) electrons. The molecule has 1 aliphatic heterocycles. The van der Waals surface area contributed by atoms with Gasteiger partial charge in [0.05, 0.1) is 12.7 Å². The van der Waals surface area contributed by atoms with Gasteiger partial charge in [0, 0.05) is 0 Å². The van der Waals surface area contributed by atoms with Crippen LogP contribution in [0.15, 0.2) is 24.8 Å². The van der Waals surface area contributed by atoms with E-state index in [2.05, 4.69) is 6.58 Å². The average Bonchev–Trinajstić information content (AvgIpc) is 2.93. The third kappa shape index (κ3) is 9.77.